The van der Waals surface area contributed by atoms with Crippen molar-refractivity contribution in [3.8, 4) is 0 Å². The molecule has 0 radical (unpaired) electrons. The van der Waals surface area contributed by atoms with Crippen LogP contribution in [0.5, 0.6) is 0 Å². The van der Waals surface area contributed by atoms with Crippen molar-refractivity contribution in [2.45, 2.75) is 32.9 Å². The maximum absolute atomic E-state index is 9.38. The number of hydrogen-bond acceptors (Lipinski definition) is 3. The third-order valence-electron chi connectivity index (χ3n) is 2.41. The zero-order valence-corrected chi connectivity index (χ0v) is 11.0. The van der Waals surface area contributed by atoms with Crippen LogP contribution in [-0.4, -0.2) is 27.5 Å². The molecule has 0 aliphatic carbocycles. The van der Waals surface area contributed by atoms with Crippen LogP contribution in [0.25, 0.3) is 0 Å². The van der Waals surface area contributed by atoms with Gasteiger partial charge < -0.3 is 10.4 Å². The van der Waals surface area contributed by atoms with Gasteiger partial charge in [0.1, 0.15) is 0 Å². The second kappa shape index (κ2) is 5.63. The molecule has 1 rings (SSSR count). The van der Waals surface area contributed by atoms with Gasteiger partial charge in [0.25, 0.3) is 0 Å². The van der Waals surface area contributed by atoms with Gasteiger partial charge in [-0.2, -0.15) is 5.10 Å². The van der Waals surface area contributed by atoms with Crippen LogP contribution in [0.4, 0.5) is 0 Å². The number of hydrogen-bond donors (Lipinski definition) is 2. The van der Waals surface area contributed by atoms with E-state index >= 15 is 0 Å². The summed E-state index contributed by atoms with van der Waals surface area (Å²) in [7, 11) is 1.92. The first-order valence-corrected chi connectivity index (χ1v) is 5.92. The lowest BCUT2D eigenvalue weighted by Gasteiger charge is -2.09. The Hall–Kier alpha value is -0.390. The summed E-state index contributed by atoms with van der Waals surface area (Å²) in [5, 5.41) is 16.9. The van der Waals surface area contributed by atoms with E-state index in [0.29, 0.717) is 6.54 Å². The lowest BCUT2D eigenvalue weighted by Crippen LogP contribution is -2.26. The van der Waals surface area contributed by atoms with Crippen LogP contribution in [0.2, 0.25) is 0 Å². The Kier molecular flexibility index (Phi) is 4.76. The fourth-order valence-corrected chi connectivity index (χ4v) is 1.85. The predicted molar refractivity (Wildman–Crippen MR) is 63.6 cm³/mol. The molecular weight excluding hydrogens is 258 g/mol. The van der Waals surface area contributed by atoms with E-state index in [9.17, 15) is 5.11 Å². The molecule has 1 aromatic heterocycles. The maximum Gasteiger partial charge on any atom is 0.0739 e. The zero-order valence-electron chi connectivity index (χ0n) is 9.42. The molecule has 2 N–H and O–H groups in total. The van der Waals surface area contributed by atoms with Crippen molar-refractivity contribution in [2.24, 2.45) is 7.05 Å². The molecule has 0 aliphatic rings. The summed E-state index contributed by atoms with van der Waals surface area (Å²) >= 11 is 3.50. The highest BCUT2D eigenvalue weighted by atomic mass is 79.9. The van der Waals surface area contributed by atoms with Crippen molar-refractivity contribution in [1.82, 2.24) is 15.1 Å². The van der Waals surface area contributed by atoms with Gasteiger partial charge in [-0.1, -0.05) is 6.92 Å². The Morgan fingerprint density at radius 1 is 1.60 bits per heavy atom. The van der Waals surface area contributed by atoms with Gasteiger partial charge in [0, 0.05) is 20.1 Å². The highest BCUT2D eigenvalue weighted by Crippen LogP contribution is 2.19. The monoisotopic (exact) mass is 275 g/mol. The highest BCUT2D eigenvalue weighted by molar-refractivity contribution is 9.10. The molecule has 1 heterocycles. The predicted octanol–water partition coefficient (Wildman–Crippen LogP) is 1.35. The summed E-state index contributed by atoms with van der Waals surface area (Å²) in [6.45, 7) is 5.27. The van der Waals surface area contributed by atoms with Crippen molar-refractivity contribution in [3.63, 3.8) is 0 Å². The number of rotatable bonds is 5. The first-order chi connectivity index (χ1) is 7.06. The van der Waals surface area contributed by atoms with Crippen LogP contribution in [0, 0.1) is 6.92 Å². The second-order valence-electron chi connectivity index (χ2n) is 3.66. The van der Waals surface area contributed by atoms with E-state index in [1.807, 2.05) is 25.6 Å². The Bertz CT molecular complexity index is 325. The van der Waals surface area contributed by atoms with Gasteiger partial charge in [0.15, 0.2) is 0 Å². The van der Waals surface area contributed by atoms with Gasteiger partial charge in [-0.05, 0) is 29.3 Å². The van der Waals surface area contributed by atoms with E-state index in [4.69, 9.17) is 0 Å². The summed E-state index contributed by atoms with van der Waals surface area (Å²) in [5.41, 5.74) is 2.10. The van der Waals surface area contributed by atoms with Crippen molar-refractivity contribution in [3.05, 3.63) is 15.9 Å². The Labute approximate surface area is 98.8 Å². The zero-order chi connectivity index (χ0) is 11.4. The first kappa shape index (κ1) is 12.7. The molecule has 0 amide bonds. The standard InChI is InChI=1S/C10H18BrN3O/c1-4-8(15)5-12-6-9-10(11)7(2)13-14(9)3/h8,12,15H,4-6H2,1-3H3. The lowest BCUT2D eigenvalue weighted by molar-refractivity contribution is 0.167. The van der Waals surface area contributed by atoms with E-state index in [-0.39, 0.29) is 6.10 Å². The summed E-state index contributed by atoms with van der Waals surface area (Å²) in [5.74, 6) is 0. The molecule has 5 heteroatoms. The minimum Gasteiger partial charge on any atom is -0.392 e. The van der Waals surface area contributed by atoms with Crippen LogP contribution >= 0.6 is 15.9 Å². The summed E-state index contributed by atoms with van der Waals surface area (Å²) in [6.07, 6.45) is 0.511. The molecule has 0 bridgehead atoms. The number of halogens is 1. The smallest absolute Gasteiger partial charge is 0.0739 e. The summed E-state index contributed by atoms with van der Waals surface area (Å²) < 4.78 is 2.90. The molecule has 4 nitrogen and oxygen atoms in total. The van der Waals surface area contributed by atoms with E-state index in [1.54, 1.807) is 0 Å². The molecule has 0 spiro atoms. The molecule has 0 aromatic carbocycles. The number of aryl methyl sites for hydroxylation is 2. The SMILES string of the molecule is CCC(O)CNCc1c(Br)c(C)nn1C. The molecule has 15 heavy (non-hydrogen) atoms. The molecule has 86 valence electrons. The largest absolute Gasteiger partial charge is 0.392 e. The maximum atomic E-state index is 9.38. The average Bonchev–Trinajstić information content (AvgIpc) is 2.44. The lowest BCUT2D eigenvalue weighted by atomic mass is 10.3. The van der Waals surface area contributed by atoms with Gasteiger partial charge in [0.05, 0.1) is 22.0 Å². The summed E-state index contributed by atoms with van der Waals surface area (Å²) in [4.78, 5) is 0. The third-order valence-corrected chi connectivity index (χ3v) is 3.44. The first-order valence-electron chi connectivity index (χ1n) is 5.13. The van der Waals surface area contributed by atoms with Gasteiger partial charge in [0.2, 0.25) is 0 Å². The number of aliphatic hydroxyl groups is 1. The van der Waals surface area contributed by atoms with Crippen molar-refractivity contribution >= 4 is 15.9 Å². The van der Waals surface area contributed by atoms with Crippen molar-refractivity contribution in [2.75, 3.05) is 6.54 Å². The minimum absolute atomic E-state index is 0.266. The van der Waals surface area contributed by atoms with Gasteiger partial charge >= 0.3 is 0 Å². The van der Waals surface area contributed by atoms with E-state index in [1.165, 1.54) is 0 Å². The average molecular weight is 276 g/mol. The topological polar surface area (TPSA) is 50.1 Å². The molecule has 0 aliphatic heterocycles. The number of nitrogens with one attached hydrogen (secondary N) is 1. The normalized spacial score (nSPS) is 13.1. The van der Waals surface area contributed by atoms with Crippen LogP contribution in [-0.2, 0) is 13.6 Å². The second-order valence-corrected chi connectivity index (χ2v) is 4.46. The number of nitrogens with zero attached hydrogens (tertiary/aromatic N) is 2. The van der Waals surface area contributed by atoms with E-state index in [2.05, 4.69) is 26.3 Å². The molecule has 1 atom stereocenters. The van der Waals surface area contributed by atoms with Crippen molar-refractivity contribution in [1.29, 1.82) is 0 Å². The van der Waals surface area contributed by atoms with E-state index < -0.39 is 0 Å². The molecule has 0 fully saturated rings. The molecule has 0 saturated heterocycles. The Balaban J connectivity index is 2.50. The van der Waals surface area contributed by atoms with Crippen LogP contribution in [0.15, 0.2) is 4.47 Å². The molecule has 0 saturated carbocycles. The fourth-order valence-electron chi connectivity index (χ4n) is 1.37. The number of aliphatic hydroxyl groups excluding tert-OH is 1. The highest BCUT2D eigenvalue weighted by Gasteiger charge is 2.10. The Morgan fingerprint density at radius 2 is 2.27 bits per heavy atom. The summed E-state index contributed by atoms with van der Waals surface area (Å²) in [6, 6.07) is 0. The fraction of sp³-hybridized carbons (Fsp3) is 0.700. The Morgan fingerprint density at radius 3 is 2.73 bits per heavy atom. The van der Waals surface area contributed by atoms with E-state index in [0.717, 1.165) is 28.8 Å². The third kappa shape index (κ3) is 3.29. The van der Waals surface area contributed by atoms with Crippen LogP contribution < -0.4 is 5.32 Å². The molecule has 1 aromatic rings. The van der Waals surface area contributed by atoms with Gasteiger partial charge in [-0.15, -0.1) is 0 Å². The quantitative estimate of drug-likeness (QED) is 0.853. The van der Waals surface area contributed by atoms with Crippen molar-refractivity contribution < 1.29 is 5.11 Å². The van der Waals surface area contributed by atoms with Gasteiger partial charge in [-0.3, -0.25) is 4.68 Å². The van der Waals surface area contributed by atoms with Crippen LogP contribution in [0.1, 0.15) is 24.7 Å². The van der Waals surface area contributed by atoms with Gasteiger partial charge in [-0.25, -0.2) is 0 Å². The molecular formula is C10H18BrN3O. The van der Waals surface area contributed by atoms with Crippen LogP contribution in [0.3, 0.4) is 0 Å². The minimum atomic E-state index is -0.266. The number of aromatic nitrogens is 2. The molecule has 1 unspecified atom stereocenters.